The van der Waals surface area contributed by atoms with Crippen molar-refractivity contribution in [2.45, 2.75) is 78.6 Å². The molecule has 2 unspecified atom stereocenters. The van der Waals surface area contributed by atoms with Crippen LogP contribution in [0.15, 0.2) is 42.5 Å². The van der Waals surface area contributed by atoms with Crippen LogP contribution in [0.4, 0.5) is 5.69 Å². The smallest absolute Gasteiger partial charge is 0.200 e. The van der Waals surface area contributed by atoms with Gasteiger partial charge in [-0.25, -0.2) is 0 Å². The SMILES string of the molecule is CCOP(C)(=O)CC(c1cccc(OCC2CCN(c3cc(OC)ccc3CCCC(C)(C)C)CC2)c1)C1CC1. The molecule has 0 spiro atoms. The van der Waals surface area contributed by atoms with Crippen molar-refractivity contribution in [3.63, 3.8) is 0 Å². The molecule has 40 heavy (non-hydrogen) atoms. The van der Waals surface area contributed by atoms with E-state index < -0.39 is 7.37 Å². The van der Waals surface area contributed by atoms with Gasteiger partial charge in [-0.2, -0.15) is 0 Å². The van der Waals surface area contributed by atoms with Gasteiger partial charge in [0.05, 0.1) is 20.3 Å². The van der Waals surface area contributed by atoms with Crippen LogP contribution < -0.4 is 14.4 Å². The number of hydrogen-bond acceptors (Lipinski definition) is 5. The molecule has 1 heterocycles. The summed E-state index contributed by atoms with van der Waals surface area (Å²) < 4.78 is 30.5. The Kier molecular flexibility index (Phi) is 10.7. The first-order chi connectivity index (χ1) is 19.1. The summed E-state index contributed by atoms with van der Waals surface area (Å²) in [5.74, 6) is 3.31. The van der Waals surface area contributed by atoms with E-state index in [-0.39, 0.29) is 5.92 Å². The molecule has 0 aromatic heterocycles. The first-order valence-electron chi connectivity index (χ1n) is 15.4. The molecule has 1 saturated heterocycles. The molecular formula is C34H52NO4P. The van der Waals surface area contributed by atoms with Gasteiger partial charge in [0, 0.05) is 37.7 Å². The Balaban J connectivity index is 1.33. The second-order valence-electron chi connectivity index (χ2n) is 13.3. The van der Waals surface area contributed by atoms with Gasteiger partial charge in [0.25, 0.3) is 0 Å². The summed E-state index contributed by atoms with van der Waals surface area (Å²) in [5, 5.41) is 0. The number of piperidine rings is 1. The van der Waals surface area contributed by atoms with Gasteiger partial charge in [0.15, 0.2) is 0 Å². The van der Waals surface area contributed by atoms with Crippen LogP contribution in [0.25, 0.3) is 0 Å². The van der Waals surface area contributed by atoms with E-state index in [1.807, 2.05) is 6.92 Å². The Morgan fingerprint density at radius 2 is 1.77 bits per heavy atom. The zero-order valence-corrected chi connectivity index (χ0v) is 26.7. The fraction of sp³-hybridized carbons (Fsp3) is 0.647. The Bertz CT molecular complexity index is 1130. The number of nitrogens with zero attached hydrogens (tertiary/aromatic N) is 1. The maximum atomic E-state index is 13.0. The van der Waals surface area contributed by atoms with Crippen LogP contribution in [-0.2, 0) is 15.5 Å². The van der Waals surface area contributed by atoms with Crippen molar-refractivity contribution in [1.82, 2.24) is 0 Å². The molecule has 0 amide bonds. The zero-order chi connectivity index (χ0) is 28.8. The molecule has 222 valence electrons. The fourth-order valence-corrected chi connectivity index (χ4v) is 7.96. The Morgan fingerprint density at radius 3 is 2.42 bits per heavy atom. The monoisotopic (exact) mass is 569 g/mol. The van der Waals surface area contributed by atoms with Crippen molar-refractivity contribution in [1.29, 1.82) is 0 Å². The summed E-state index contributed by atoms with van der Waals surface area (Å²) in [6, 6.07) is 15.1. The van der Waals surface area contributed by atoms with Crippen molar-refractivity contribution in [3.05, 3.63) is 53.6 Å². The molecule has 2 fully saturated rings. The van der Waals surface area contributed by atoms with E-state index in [2.05, 4.69) is 68.1 Å². The number of aryl methyl sites for hydroxylation is 1. The lowest BCUT2D eigenvalue weighted by atomic mass is 9.88. The molecule has 0 bridgehead atoms. The van der Waals surface area contributed by atoms with Gasteiger partial charge in [0.1, 0.15) is 11.5 Å². The molecule has 5 nitrogen and oxygen atoms in total. The van der Waals surface area contributed by atoms with Gasteiger partial charge in [0.2, 0.25) is 7.37 Å². The van der Waals surface area contributed by atoms with E-state index in [0.717, 1.165) is 50.5 Å². The van der Waals surface area contributed by atoms with E-state index in [0.29, 0.717) is 30.0 Å². The van der Waals surface area contributed by atoms with Crippen LogP contribution in [0.1, 0.15) is 83.3 Å². The maximum absolute atomic E-state index is 13.0. The zero-order valence-electron chi connectivity index (χ0n) is 25.8. The standard InChI is InChI=1S/C34H52NO4P/c1-7-39-40(6,36)25-32(27-13-14-27)29-10-8-12-31(22-29)38-24-26-17-20-35(21-18-26)33-23-30(37-5)16-15-28(33)11-9-19-34(2,3)4/h8,10,12,15-16,22-23,26-27,32H,7,9,11,13-14,17-21,24-25H2,1-6H3. The quantitative estimate of drug-likeness (QED) is 0.213. The third-order valence-electron chi connectivity index (χ3n) is 8.51. The average Bonchev–Trinajstić information content (AvgIpc) is 3.76. The molecule has 6 heteroatoms. The molecule has 2 aromatic carbocycles. The first kappa shape index (κ1) is 31.0. The average molecular weight is 570 g/mol. The topological polar surface area (TPSA) is 48.0 Å². The Morgan fingerprint density at radius 1 is 1.02 bits per heavy atom. The summed E-state index contributed by atoms with van der Waals surface area (Å²) >= 11 is 0. The predicted octanol–water partition coefficient (Wildman–Crippen LogP) is 8.80. The van der Waals surface area contributed by atoms with Crippen LogP contribution in [0, 0.1) is 17.3 Å². The second-order valence-corrected chi connectivity index (χ2v) is 15.9. The van der Waals surface area contributed by atoms with E-state index in [9.17, 15) is 4.57 Å². The largest absolute Gasteiger partial charge is 0.497 e. The van der Waals surface area contributed by atoms with Crippen molar-refractivity contribution in [3.8, 4) is 11.5 Å². The van der Waals surface area contributed by atoms with E-state index in [1.54, 1.807) is 13.8 Å². The molecule has 1 aliphatic heterocycles. The molecule has 2 atom stereocenters. The van der Waals surface area contributed by atoms with E-state index >= 15 is 0 Å². The molecule has 0 radical (unpaired) electrons. The van der Waals surface area contributed by atoms with Crippen LogP contribution in [0.5, 0.6) is 11.5 Å². The van der Waals surface area contributed by atoms with Crippen molar-refractivity contribution in [2.75, 3.05) is 51.1 Å². The van der Waals surface area contributed by atoms with Gasteiger partial charge in [-0.15, -0.1) is 0 Å². The third kappa shape index (κ3) is 9.28. The van der Waals surface area contributed by atoms with Crippen LogP contribution in [0.2, 0.25) is 0 Å². The minimum Gasteiger partial charge on any atom is -0.497 e. The lowest BCUT2D eigenvalue weighted by molar-refractivity contribution is 0.222. The third-order valence-corrected chi connectivity index (χ3v) is 10.4. The minimum atomic E-state index is -2.59. The van der Waals surface area contributed by atoms with Gasteiger partial charge in [-0.05, 0) is 104 Å². The van der Waals surface area contributed by atoms with Crippen LogP contribution >= 0.6 is 7.37 Å². The van der Waals surface area contributed by atoms with Crippen molar-refractivity contribution < 1.29 is 18.6 Å². The molecular weight excluding hydrogens is 517 g/mol. The molecule has 2 aliphatic rings. The van der Waals surface area contributed by atoms with E-state index in [4.69, 9.17) is 14.0 Å². The number of benzene rings is 2. The lowest BCUT2D eigenvalue weighted by Crippen LogP contribution is -2.36. The van der Waals surface area contributed by atoms with Gasteiger partial charge >= 0.3 is 0 Å². The van der Waals surface area contributed by atoms with E-state index in [1.165, 1.54) is 42.5 Å². The highest BCUT2D eigenvalue weighted by Gasteiger charge is 2.36. The highest BCUT2D eigenvalue weighted by Crippen LogP contribution is 2.53. The van der Waals surface area contributed by atoms with Gasteiger partial charge in [-0.3, -0.25) is 4.57 Å². The predicted molar refractivity (Wildman–Crippen MR) is 168 cm³/mol. The number of rotatable bonds is 14. The first-order valence-corrected chi connectivity index (χ1v) is 17.7. The Hall–Kier alpha value is -1.97. The lowest BCUT2D eigenvalue weighted by Gasteiger charge is -2.35. The van der Waals surface area contributed by atoms with Gasteiger partial charge < -0.3 is 18.9 Å². The highest BCUT2D eigenvalue weighted by atomic mass is 31.2. The molecule has 2 aromatic rings. The van der Waals surface area contributed by atoms with Gasteiger partial charge in [-0.1, -0.05) is 39.0 Å². The minimum absolute atomic E-state index is 0.287. The maximum Gasteiger partial charge on any atom is 0.200 e. The number of hydrogen-bond donors (Lipinski definition) is 0. The normalized spacial score (nSPS) is 18.8. The molecule has 1 saturated carbocycles. The Labute approximate surface area is 243 Å². The second kappa shape index (κ2) is 13.8. The van der Waals surface area contributed by atoms with Crippen molar-refractivity contribution >= 4 is 13.1 Å². The van der Waals surface area contributed by atoms with Crippen LogP contribution in [-0.4, -0.2) is 46.2 Å². The summed E-state index contributed by atoms with van der Waals surface area (Å²) in [5.41, 5.74) is 4.38. The molecule has 4 rings (SSSR count). The summed E-state index contributed by atoms with van der Waals surface area (Å²) in [6.07, 6.45) is 8.83. The number of ether oxygens (including phenoxy) is 2. The van der Waals surface area contributed by atoms with Crippen LogP contribution in [0.3, 0.4) is 0 Å². The fourth-order valence-electron chi connectivity index (χ4n) is 6.08. The molecule has 1 aliphatic carbocycles. The van der Waals surface area contributed by atoms with Crippen molar-refractivity contribution in [2.24, 2.45) is 17.3 Å². The number of methoxy groups -OCH3 is 1. The highest BCUT2D eigenvalue weighted by molar-refractivity contribution is 7.58. The molecule has 0 N–H and O–H groups in total. The summed E-state index contributed by atoms with van der Waals surface area (Å²) in [6.45, 7) is 14.0. The summed E-state index contributed by atoms with van der Waals surface area (Å²) in [4.78, 5) is 2.55. The number of anilines is 1. The summed E-state index contributed by atoms with van der Waals surface area (Å²) in [7, 11) is -0.835.